The monoisotopic (exact) mass is 337 g/mol. The Morgan fingerprint density at radius 3 is 2.39 bits per heavy atom. The van der Waals surface area contributed by atoms with Crippen LogP contribution in [0.1, 0.15) is 10.6 Å². The lowest BCUT2D eigenvalue weighted by molar-refractivity contribution is -0.138. The standard InChI is InChI=1S/C10H7BrF3N3S/c11-7-3-1-6(2-4-7)5-15-9-17-16-8(18-9)10(12,13)14/h1-4H,5H2,(H,15,17). The fraction of sp³-hybridized carbons (Fsp3) is 0.200. The molecule has 0 aliphatic carbocycles. The number of rotatable bonds is 3. The molecule has 0 spiro atoms. The van der Waals surface area contributed by atoms with E-state index in [9.17, 15) is 13.2 Å². The Morgan fingerprint density at radius 2 is 1.83 bits per heavy atom. The van der Waals surface area contributed by atoms with Crippen molar-refractivity contribution in [1.82, 2.24) is 10.2 Å². The highest BCUT2D eigenvalue weighted by atomic mass is 79.9. The predicted molar refractivity (Wildman–Crippen MR) is 66.4 cm³/mol. The molecule has 0 atom stereocenters. The van der Waals surface area contributed by atoms with Crippen molar-refractivity contribution in [1.29, 1.82) is 0 Å². The summed E-state index contributed by atoms with van der Waals surface area (Å²) in [4.78, 5) is 0. The first-order chi connectivity index (χ1) is 8.45. The van der Waals surface area contributed by atoms with Gasteiger partial charge in [-0.05, 0) is 17.7 Å². The van der Waals surface area contributed by atoms with Gasteiger partial charge in [0.1, 0.15) is 0 Å². The van der Waals surface area contributed by atoms with E-state index in [1.165, 1.54) is 0 Å². The van der Waals surface area contributed by atoms with E-state index in [-0.39, 0.29) is 5.13 Å². The molecule has 0 radical (unpaired) electrons. The topological polar surface area (TPSA) is 37.8 Å². The highest BCUT2D eigenvalue weighted by Gasteiger charge is 2.35. The Balaban J connectivity index is 1.98. The molecular weight excluding hydrogens is 331 g/mol. The molecule has 8 heteroatoms. The van der Waals surface area contributed by atoms with E-state index in [1.54, 1.807) is 0 Å². The van der Waals surface area contributed by atoms with Gasteiger partial charge in [-0.25, -0.2) is 0 Å². The number of anilines is 1. The summed E-state index contributed by atoms with van der Waals surface area (Å²) in [6.07, 6.45) is -4.44. The molecule has 1 aromatic heterocycles. The fourth-order valence-electron chi connectivity index (χ4n) is 1.19. The number of aromatic nitrogens is 2. The number of benzene rings is 1. The maximum absolute atomic E-state index is 12.3. The van der Waals surface area contributed by atoms with Crippen LogP contribution in [-0.4, -0.2) is 10.2 Å². The van der Waals surface area contributed by atoms with Gasteiger partial charge in [0.15, 0.2) is 0 Å². The first kappa shape index (κ1) is 13.3. The van der Waals surface area contributed by atoms with Gasteiger partial charge in [-0.15, -0.1) is 10.2 Å². The van der Waals surface area contributed by atoms with E-state index in [0.717, 1.165) is 10.0 Å². The minimum Gasteiger partial charge on any atom is -0.356 e. The summed E-state index contributed by atoms with van der Waals surface area (Å²) in [5.41, 5.74) is 0.946. The summed E-state index contributed by atoms with van der Waals surface area (Å²) in [5.74, 6) is 0. The molecule has 3 nitrogen and oxygen atoms in total. The van der Waals surface area contributed by atoms with Crippen LogP contribution in [0.2, 0.25) is 0 Å². The van der Waals surface area contributed by atoms with E-state index < -0.39 is 11.2 Å². The number of nitrogens with zero attached hydrogens (tertiary/aromatic N) is 2. The normalized spacial score (nSPS) is 11.6. The van der Waals surface area contributed by atoms with Crippen LogP contribution in [0.25, 0.3) is 0 Å². The Bertz CT molecular complexity index is 524. The predicted octanol–water partition coefficient (Wildman–Crippen LogP) is 3.93. The number of halogens is 4. The van der Waals surface area contributed by atoms with Crippen LogP contribution < -0.4 is 5.32 Å². The van der Waals surface area contributed by atoms with Crippen LogP contribution in [0.4, 0.5) is 18.3 Å². The maximum Gasteiger partial charge on any atom is 0.445 e. The third kappa shape index (κ3) is 3.42. The van der Waals surface area contributed by atoms with E-state index in [4.69, 9.17) is 0 Å². The van der Waals surface area contributed by atoms with Crippen LogP contribution in [0.3, 0.4) is 0 Å². The van der Waals surface area contributed by atoms with Gasteiger partial charge in [-0.2, -0.15) is 13.2 Å². The molecule has 0 bridgehead atoms. The molecule has 0 aliphatic heterocycles. The Kier molecular flexibility index (Phi) is 3.86. The van der Waals surface area contributed by atoms with E-state index in [1.807, 2.05) is 24.3 Å². The first-order valence-corrected chi connectivity index (χ1v) is 6.45. The Morgan fingerprint density at radius 1 is 1.17 bits per heavy atom. The molecular formula is C10H7BrF3N3S. The van der Waals surface area contributed by atoms with Gasteiger partial charge in [0.2, 0.25) is 10.1 Å². The summed E-state index contributed by atoms with van der Waals surface area (Å²) in [5, 5.41) is 8.55. The number of hydrogen-bond acceptors (Lipinski definition) is 4. The zero-order valence-electron chi connectivity index (χ0n) is 8.83. The average Bonchev–Trinajstić information content (AvgIpc) is 2.77. The van der Waals surface area contributed by atoms with Crippen molar-refractivity contribution in [3.05, 3.63) is 39.3 Å². The molecule has 1 heterocycles. The molecule has 1 N–H and O–H groups in total. The molecule has 0 unspecified atom stereocenters. The summed E-state index contributed by atoms with van der Waals surface area (Å²) >= 11 is 3.80. The molecule has 2 aromatic rings. The Hall–Kier alpha value is -1.15. The zero-order valence-corrected chi connectivity index (χ0v) is 11.2. The summed E-state index contributed by atoms with van der Waals surface area (Å²) < 4.78 is 37.8. The number of alkyl halides is 3. The quantitative estimate of drug-likeness (QED) is 0.921. The van der Waals surface area contributed by atoms with Gasteiger partial charge in [0, 0.05) is 11.0 Å². The third-order valence-corrected chi connectivity index (χ3v) is 3.48. The SMILES string of the molecule is FC(F)(F)c1nnc(NCc2ccc(Br)cc2)s1. The molecule has 1 aromatic carbocycles. The highest BCUT2D eigenvalue weighted by molar-refractivity contribution is 9.10. The minimum absolute atomic E-state index is 0.158. The van der Waals surface area contributed by atoms with Gasteiger partial charge in [0.25, 0.3) is 0 Å². The van der Waals surface area contributed by atoms with Gasteiger partial charge < -0.3 is 5.32 Å². The largest absolute Gasteiger partial charge is 0.445 e. The highest BCUT2D eigenvalue weighted by Crippen LogP contribution is 2.33. The van der Waals surface area contributed by atoms with Gasteiger partial charge >= 0.3 is 6.18 Å². The number of hydrogen-bond donors (Lipinski definition) is 1. The van der Waals surface area contributed by atoms with Gasteiger partial charge in [-0.3, -0.25) is 0 Å². The fourth-order valence-corrected chi connectivity index (χ4v) is 2.06. The lowest BCUT2D eigenvalue weighted by Gasteiger charge is -2.02. The van der Waals surface area contributed by atoms with Crippen molar-refractivity contribution in [3.8, 4) is 0 Å². The van der Waals surface area contributed by atoms with E-state index in [0.29, 0.717) is 17.9 Å². The third-order valence-electron chi connectivity index (χ3n) is 2.02. The zero-order chi connectivity index (χ0) is 13.2. The Labute approximate surface area is 113 Å². The van der Waals surface area contributed by atoms with Crippen molar-refractivity contribution in [2.45, 2.75) is 12.7 Å². The van der Waals surface area contributed by atoms with Crippen molar-refractivity contribution in [2.75, 3.05) is 5.32 Å². The van der Waals surface area contributed by atoms with Crippen molar-refractivity contribution in [2.24, 2.45) is 0 Å². The van der Waals surface area contributed by atoms with Crippen LogP contribution in [0.15, 0.2) is 28.7 Å². The first-order valence-electron chi connectivity index (χ1n) is 4.84. The molecule has 0 saturated heterocycles. The van der Waals surface area contributed by atoms with Gasteiger partial charge in [0.05, 0.1) is 0 Å². The average molecular weight is 338 g/mol. The van der Waals surface area contributed by atoms with Crippen molar-refractivity contribution in [3.63, 3.8) is 0 Å². The van der Waals surface area contributed by atoms with Crippen molar-refractivity contribution < 1.29 is 13.2 Å². The number of nitrogens with one attached hydrogen (secondary N) is 1. The van der Waals surface area contributed by atoms with Crippen molar-refractivity contribution >= 4 is 32.4 Å². The smallest absolute Gasteiger partial charge is 0.356 e. The molecule has 18 heavy (non-hydrogen) atoms. The second kappa shape index (κ2) is 5.23. The minimum atomic E-state index is -4.44. The maximum atomic E-state index is 12.3. The molecule has 2 rings (SSSR count). The molecule has 0 fully saturated rings. The second-order valence-corrected chi connectivity index (χ2v) is 5.28. The summed E-state index contributed by atoms with van der Waals surface area (Å²) in [6.45, 7) is 0.403. The summed E-state index contributed by atoms with van der Waals surface area (Å²) in [6, 6.07) is 7.45. The molecule has 0 aliphatic rings. The van der Waals surface area contributed by atoms with E-state index in [2.05, 4.69) is 31.4 Å². The van der Waals surface area contributed by atoms with E-state index >= 15 is 0 Å². The lowest BCUT2D eigenvalue weighted by atomic mass is 10.2. The van der Waals surface area contributed by atoms with Gasteiger partial charge in [-0.1, -0.05) is 39.4 Å². The van der Waals surface area contributed by atoms with Crippen LogP contribution in [0, 0.1) is 0 Å². The molecule has 0 saturated carbocycles. The van der Waals surface area contributed by atoms with Crippen LogP contribution >= 0.6 is 27.3 Å². The van der Waals surface area contributed by atoms with Crippen LogP contribution in [0.5, 0.6) is 0 Å². The molecule has 96 valence electrons. The summed E-state index contributed by atoms with van der Waals surface area (Å²) in [7, 11) is 0. The lowest BCUT2D eigenvalue weighted by Crippen LogP contribution is -2.03. The second-order valence-electron chi connectivity index (χ2n) is 3.39. The molecule has 0 amide bonds. The van der Waals surface area contributed by atoms with Crippen LogP contribution in [-0.2, 0) is 12.7 Å².